The maximum absolute atomic E-state index is 14.4. The lowest BCUT2D eigenvalue weighted by Crippen LogP contribution is -2.57. The lowest BCUT2D eigenvalue weighted by molar-refractivity contribution is -0.129. The first-order chi connectivity index (χ1) is 18.2. The minimum absolute atomic E-state index is 0.0821. The fourth-order valence-electron chi connectivity index (χ4n) is 7.51. The van der Waals surface area contributed by atoms with Crippen molar-refractivity contribution in [1.29, 1.82) is 0 Å². The van der Waals surface area contributed by atoms with Crippen molar-refractivity contribution >= 4 is 22.6 Å². The van der Waals surface area contributed by atoms with Crippen molar-refractivity contribution in [2.45, 2.75) is 51.2 Å². The molecule has 6 nitrogen and oxygen atoms in total. The van der Waals surface area contributed by atoms with Gasteiger partial charge in [0, 0.05) is 52.9 Å². The number of amides is 1. The minimum atomic E-state index is -1.12. The molecular formula is C32H35N3O3. The van der Waals surface area contributed by atoms with Gasteiger partial charge in [0.05, 0.1) is 11.5 Å². The molecule has 1 saturated carbocycles. The number of ketones is 1. The Labute approximate surface area is 222 Å². The SMILES string of the molecule is C=C1[C@@H](C)[C@H]2[C@H](Cc3c[nH]c4ccccc34)NC(=O)C23c2c[nH]cc2C(=O)/C(C)=C/[C@@H](C)C/C=C/[C@H]3[C@@H]1O. The predicted molar refractivity (Wildman–Crippen MR) is 149 cm³/mol. The van der Waals surface area contributed by atoms with Crippen LogP contribution in [-0.2, 0) is 16.6 Å². The summed E-state index contributed by atoms with van der Waals surface area (Å²) in [5, 5.41) is 16.1. The molecule has 1 unspecified atom stereocenters. The van der Waals surface area contributed by atoms with Gasteiger partial charge >= 0.3 is 0 Å². The number of allylic oxidation sites excluding steroid dienone is 3. The quantitative estimate of drug-likeness (QED) is 0.366. The molecule has 196 valence electrons. The van der Waals surface area contributed by atoms with E-state index in [0.29, 0.717) is 29.5 Å². The van der Waals surface area contributed by atoms with E-state index in [-0.39, 0.29) is 35.5 Å². The van der Waals surface area contributed by atoms with Gasteiger partial charge in [-0.3, -0.25) is 9.59 Å². The van der Waals surface area contributed by atoms with E-state index >= 15 is 0 Å². The summed E-state index contributed by atoms with van der Waals surface area (Å²) in [7, 11) is 0. The number of hydrogen-bond donors (Lipinski definition) is 4. The fraction of sp³-hybridized carbons (Fsp3) is 0.375. The second kappa shape index (κ2) is 8.98. The number of rotatable bonds is 2. The monoisotopic (exact) mass is 509 g/mol. The highest BCUT2D eigenvalue weighted by molar-refractivity contribution is 6.11. The zero-order valence-corrected chi connectivity index (χ0v) is 22.1. The molecular weight excluding hydrogens is 474 g/mol. The zero-order chi connectivity index (χ0) is 26.8. The maximum atomic E-state index is 14.4. The Morgan fingerprint density at radius 2 is 1.92 bits per heavy atom. The summed E-state index contributed by atoms with van der Waals surface area (Å²) in [6.45, 7) is 10.3. The van der Waals surface area contributed by atoms with Gasteiger partial charge < -0.3 is 20.4 Å². The average molecular weight is 510 g/mol. The Balaban J connectivity index is 1.56. The number of Topliss-reactive ketones (excluding diaryl/α,β-unsaturated/α-hetero) is 1. The predicted octanol–water partition coefficient (Wildman–Crippen LogP) is 5.00. The van der Waals surface area contributed by atoms with Gasteiger partial charge in [0.2, 0.25) is 5.91 Å². The third-order valence-electron chi connectivity index (χ3n) is 9.32. The van der Waals surface area contributed by atoms with E-state index in [1.165, 1.54) is 0 Å². The molecule has 6 heteroatoms. The van der Waals surface area contributed by atoms with Crippen LogP contribution in [-0.4, -0.2) is 38.9 Å². The van der Waals surface area contributed by atoms with Crippen LogP contribution in [0.4, 0.5) is 0 Å². The highest BCUT2D eigenvalue weighted by Crippen LogP contribution is 2.57. The van der Waals surface area contributed by atoms with Crippen LogP contribution in [0.15, 0.2) is 78.8 Å². The number of para-hydroxylation sites is 1. The van der Waals surface area contributed by atoms with Crippen LogP contribution >= 0.6 is 0 Å². The Morgan fingerprint density at radius 3 is 2.74 bits per heavy atom. The van der Waals surface area contributed by atoms with Gasteiger partial charge in [-0.15, -0.1) is 0 Å². The molecule has 0 radical (unpaired) electrons. The molecule has 3 aromatic rings. The molecule has 2 fully saturated rings. The number of carbonyl (C=O) groups excluding carboxylic acids is 2. The van der Waals surface area contributed by atoms with Crippen LogP contribution in [0.3, 0.4) is 0 Å². The number of aromatic nitrogens is 2. The minimum Gasteiger partial charge on any atom is -0.388 e. The molecule has 3 heterocycles. The highest BCUT2D eigenvalue weighted by atomic mass is 16.3. The van der Waals surface area contributed by atoms with Crippen LogP contribution in [0.25, 0.3) is 10.9 Å². The summed E-state index contributed by atoms with van der Waals surface area (Å²) in [5.74, 6) is -0.972. The van der Waals surface area contributed by atoms with E-state index in [4.69, 9.17) is 0 Å². The normalized spacial score (nSPS) is 35.5. The van der Waals surface area contributed by atoms with Crippen LogP contribution in [0.1, 0.15) is 48.7 Å². The van der Waals surface area contributed by atoms with E-state index in [9.17, 15) is 14.7 Å². The standard InChI is InChI=1S/C32H35N3O3/c1-17-8-7-10-24-30(37)20(4)19(3)28-27(13-21-14-34-26-11-6-5-9-22(21)26)35-31(38)32(24,28)25-16-33-15-23(25)29(36)18(2)12-17/h5-7,9-12,14-17,19,24,27-28,30,33-34,37H,4,8,13H2,1-3H3,(H,35,38)/b10-7+,18-12+/t17-,19+,24-,27-,28-,30+,32?/m0/s1. The number of carbonyl (C=O) groups is 2. The van der Waals surface area contributed by atoms with Gasteiger partial charge in [0.15, 0.2) is 5.78 Å². The number of fused-ring (bicyclic) bond motifs is 2. The van der Waals surface area contributed by atoms with Gasteiger partial charge in [-0.1, -0.05) is 56.9 Å². The molecule has 3 aliphatic rings. The average Bonchev–Trinajstić information content (AvgIpc) is 3.61. The van der Waals surface area contributed by atoms with Crippen molar-refractivity contribution in [2.24, 2.45) is 23.7 Å². The summed E-state index contributed by atoms with van der Waals surface area (Å²) in [5.41, 5.74) is 3.65. The first kappa shape index (κ1) is 24.7. The van der Waals surface area contributed by atoms with Gasteiger partial charge in [0.25, 0.3) is 0 Å². The van der Waals surface area contributed by atoms with Gasteiger partial charge in [-0.2, -0.15) is 0 Å². The first-order valence-electron chi connectivity index (χ1n) is 13.5. The smallest absolute Gasteiger partial charge is 0.232 e. The van der Waals surface area contributed by atoms with Crippen molar-refractivity contribution in [3.8, 4) is 0 Å². The molecule has 1 aliphatic heterocycles. The largest absolute Gasteiger partial charge is 0.388 e. The Hall–Kier alpha value is -3.64. The fourth-order valence-corrected chi connectivity index (χ4v) is 7.51. The zero-order valence-electron chi connectivity index (χ0n) is 22.1. The third-order valence-corrected chi connectivity index (χ3v) is 9.32. The molecule has 4 N–H and O–H groups in total. The molecule has 2 aromatic heterocycles. The molecule has 0 bridgehead atoms. The van der Waals surface area contributed by atoms with Crippen molar-refractivity contribution in [3.63, 3.8) is 0 Å². The van der Waals surface area contributed by atoms with E-state index in [1.54, 1.807) is 12.4 Å². The Kier molecular flexibility index (Phi) is 5.84. The molecule has 1 saturated heterocycles. The molecule has 7 atom stereocenters. The summed E-state index contributed by atoms with van der Waals surface area (Å²) in [6, 6.07) is 7.98. The first-order valence-corrected chi connectivity index (χ1v) is 13.5. The van der Waals surface area contributed by atoms with Gasteiger partial charge in [-0.05, 0) is 59.9 Å². The van der Waals surface area contributed by atoms with Crippen molar-refractivity contribution in [2.75, 3.05) is 0 Å². The van der Waals surface area contributed by atoms with Crippen molar-refractivity contribution in [1.82, 2.24) is 15.3 Å². The molecule has 1 aromatic carbocycles. The second-order valence-electron chi connectivity index (χ2n) is 11.5. The maximum Gasteiger partial charge on any atom is 0.232 e. The Morgan fingerprint density at radius 1 is 1.13 bits per heavy atom. The third kappa shape index (κ3) is 3.43. The van der Waals surface area contributed by atoms with Crippen molar-refractivity contribution < 1.29 is 14.7 Å². The molecule has 6 rings (SSSR count). The summed E-state index contributed by atoms with van der Waals surface area (Å²) < 4.78 is 0. The lowest BCUT2D eigenvalue weighted by Gasteiger charge is -2.50. The number of aliphatic hydroxyl groups is 1. The van der Waals surface area contributed by atoms with Crippen LogP contribution in [0, 0.1) is 23.7 Å². The molecule has 2 aliphatic carbocycles. The number of aliphatic hydroxyl groups excluding tert-OH is 1. The van der Waals surface area contributed by atoms with Crippen LogP contribution < -0.4 is 5.32 Å². The van der Waals surface area contributed by atoms with E-state index in [0.717, 1.165) is 22.0 Å². The number of nitrogens with one attached hydrogen (secondary N) is 3. The summed E-state index contributed by atoms with van der Waals surface area (Å²) >= 11 is 0. The second-order valence-corrected chi connectivity index (χ2v) is 11.5. The van der Waals surface area contributed by atoms with Gasteiger partial charge in [-0.25, -0.2) is 0 Å². The van der Waals surface area contributed by atoms with E-state index in [1.807, 2.05) is 37.4 Å². The molecule has 1 spiro atoms. The highest BCUT2D eigenvalue weighted by Gasteiger charge is 2.66. The summed E-state index contributed by atoms with van der Waals surface area (Å²) in [6.07, 6.45) is 12.1. The molecule has 38 heavy (non-hydrogen) atoms. The van der Waals surface area contributed by atoms with Gasteiger partial charge in [0.1, 0.15) is 0 Å². The number of hydrogen-bond acceptors (Lipinski definition) is 3. The van der Waals surface area contributed by atoms with E-state index < -0.39 is 17.4 Å². The Bertz CT molecular complexity index is 1510. The van der Waals surface area contributed by atoms with E-state index in [2.05, 4.69) is 53.9 Å². The topological polar surface area (TPSA) is 98.0 Å². The number of benzene rings is 1. The summed E-state index contributed by atoms with van der Waals surface area (Å²) in [4.78, 5) is 34.6. The molecule has 1 amide bonds. The van der Waals surface area contributed by atoms with Crippen molar-refractivity contribution in [3.05, 3.63) is 95.5 Å². The van der Waals surface area contributed by atoms with Crippen LogP contribution in [0.2, 0.25) is 0 Å². The number of aromatic amines is 2. The number of H-pyrrole nitrogens is 2. The van der Waals surface area contributed by atoms with Crippen LogP contribution in [0.5, 0.6) is 0 Å². The lowest BCUT2D eigenvalue weighted by atomic mass is 9.51.